The number of rotatable bonds is 5. The monoisotopic (exact) mass is 308 g/mol. The van der Waals surface area contributed by atoms with Gasteiger partial charge < -0.3 is 5.32 Å². The number of hydrogen-bond donors (Lipinski definition) is 1. The van der Waals surface area contributed by atoms with Crippen LogP contribution in [0.25, 0.3) is 0 Å². The maximum absolute atomic E-state index is 12.0. The highest BCUT2D eigenvalue weighted by molar-refractivity contribution is 6.33. The normalized spacial score (nSPS) is 14.4. The standard InChI is InChI=1S/C15H17ClN2O3/c16-13-10-12(6-7-14(13)18(20)21)15(19)17-9-8-11-4-2-1-3-5-11/h4,6-7,10H,1-3,5,8-9H2,(H,17,19). The Hall–Kier alpha value is -1.88. The Balaban J connectivity index is 1.89. The SMILES string of the molecule is O=C(NCCC1=CCCCC1)c1ccc([N+](=O)[O-])c(Cl)c1. The molecule has 0 radical (unpaired) electrons. The van der Waals surface area contributed by atoms with E-state index in [1.54, 1.807) is 0 Å². The minimum absolute atomic E-state index is 0.0253. The van der Waals surface area contributed by atoms with Gasteiger partial charge in [-0.05, 0) is 44.2 Å². The van der Waals surface area contributed by atoms with E-state index in [1.807, 2.05) is 0 Å². The van der Waals surface area contributed by atoms with Gasteiger partial charge in [-0.15, -0.1) is 0 Å². The van der Waals surface area contributed by atoms with E-state index >= 15 is 0 Å². The molecule has 0 saturated heterocycles. The van der Waals surface area contributed by atoms with E-state index in [0.29, 0.717) is 12.1 Å². The van der Waals surface area contributed by atoms with Gasteiger partial charge in [0, 0.05) is 18.2 Å². The zero-order valence-corrected chi connectivity index (χ0v) is 12.4. The van der Waals surface area contributed by atoms with Crippen molar-refractivity contribution in [3.63, 3.8) is 0 Å². The van der Waals surface area contributed by atoms with E-state index in [0.717, 1.165) is 19.3 Å². The molecule has 0 aromatic heterocycles. The van der Waals surface area contributed by atoms with Crippen molar-refractivity contribution in [3.05, 3.63) is 50.5 Å². The van der Waals surface area contributed by atoms with Crippen LogP contribution in [0.15, 0.2) is 29.8 Å². The summed E-state index contributed by atoms with van der Waals surface area (Å²) in [5.41, 5.74) is 1.53. The van der Waals surface area contributed by atoms with Crippen molar-refractivity contribution in [1.29, 1.82) is 0 Å². The fourth-order valence-electron chi connectivity index (χ4n) is 2.37. The van der Waals surface area contributed by atoms with Crippen molar-refractivity contribution in [1.82, 2.24) is 5.32 Å². The summed E-state index contributed by atoms with van der Waals surface area (Å²) in [6, 6.07) is 4.00. The van der Waals surface area contributed by atoms with Gasteiger partial charge in [0.05, 0.1) is 4.92 Å². The summed E-state index contributed by atoms with van der Waals surface area (Å²) < 4.78 is 0. The van der Waals surface area contributed by atoms with Gasteiger partial charge in [-0.2, -0.15) is 0 Å². The van der Waals surface area contributed by atoms with Gasteiger partial charge in [0.25, 0.3) is 11.6 Å². The largest absolute Gasteiger partial charge is 0.352 e. The van der Waals surface area contributed by atoms with Crippen molar-refractivity contribution >= 4 is 23.2 Å². The fraction of sp³-hybridized carbons (Fsp3) is 0.400. The molecule has 112 valence electrons. The van der Waals surface area contributed by atoms with E-state index in [4.69, 9.17) is 11.6 Å². The van der Waals surface area contributed by atoms with Crippen LogP contribution >= 0.6 is 11.6 Å². The fourth-order valence-corrected chi connectivity index (χ4v) is 2.62. The van der Waals surface area contributed by atoms with Crippen molar-refractivity contribution in [3.8, 4) is 0 Å². The van der Waals surface area contributed by atoms with Crippen LogP contribution in [0.1, 0.15) is 42.5 Å². The molecule has 0 unspecified atom stereocenters. The van der Waals surface area contributed by atoms with Crippen LogP contribution in [0.5, 0.6) is 0 Å². The molecule has 0 heterocycles. The number of nitro benzene ring substituents is 1. The summed E-state index contributed by atoms with van der Waals surface area (Å²) >= 11 is 5.79. The number of carbonyl (C=O) groups excluding carboxylic acids is 1. The molecule has 1 aliphatic carbocycles. The van der Waals surface area contributed by atoms with Crippen LogP contribution in [0.4, 0.5) is 5.69 Å². The Bertz CT molecular complexity index is 584. The molecule has 0 aliphatic heterocycles. The second-order valence-corrected chi connectivity index (χ2v) is 5.44. The lowest BCUT2D eigenvalue weighted by atomic mass is 9.97. The zero-order chi connectivity index (χ0) is 15.2. The first-order valence-electron chi connectivity index (χ1n) is 6.98. The van der Waals surface area contributed by atoms with Gasteiger partial charge in [-0.3, -0.25) is 14.9 Å². The number of carbonyl (C=O) groups is 1. The summed E-state index contributed by atoms with van der Waals surface area (Å²) in [7, 11) is 0. The van der Waals surface area contributed by atoms with Gasteiger partial charge in [-0.25, -0.2) is 0 Å². The summed E-state index contributed by atoms with van der Waals surface area (Å²) in [5.74, 6) is -0.261. The zero-order valence-electron chi connectivity index (χ0n) is 11.6. The lowest BCUT2D eigenvalue weighted by molar-refractivity contribution is -0.384. The average Bonchev–Trinajstić information content (AvgIpc) is 2.47. The first kappa shape index (κ1) is 15.5. The van der Waals surface area contributed by atoms with E-state index < -0.39 is 4.92 Å². The van der Waals surface area contributed by atoms with Crippen LogP contribution < -0.4 is 5.32 Å². The Morgan fingerprint density at radius 2 is 2.19 bits per heavy atom. The molecule has 1 amide bonds. The molecule has 0 fully saturated rings. The smallest absolute Gasteiger partial charge is 0.287 e. The number of hydrogen-bond acceptors (Lipinski definition) is 3. The molecule has 1 aromatic carbocycles. The molecular weight excluding hydrogens is 292 g/mol. The average molecular weight is 309 g/mol. The minimum Gasteiger partial charge on any atom is -0.352 e. The number of halogens is 1. The van der Waals surface area contributed by atoms with Crippen molar-refractivity contribution in [2.24, 2.45) is 0 Å². The van der Waals surface area contributed by atoms with Gasteiger partial charge in [-0.1, -0.05) is 23.3 Å². The van der Waals surface area contributed by atoms with Gasteiger partial charge in [0.1, 0.15) is 5.02 Å². The summed E-state index contributed by atoms with van der Waals surface area (Å²) in [6.07, 6.45) is 7.81. The van der Waals surface area contributed by atoms with Gasteiger partial charge >= 0.3 is 0 Å². The third-order valence-corrected chi connectivity index (χ3v) is 3.83. The van der Waals surface area contributed by atoms with E-state index in [1.165, 1.54) is 36.6 Å². The lowest BCUT2D eigenvalue weighted by Crippen LogP contribution is -2.24. The molecule has 1 aromatic rings. The number of nitro groups is 1. The molecule has 6 heteroatoms. The molecule has 21 heavy (non-hydrogen) atoms. The molecule has 0 saturated carbocycles. The number of benzene rings is 1. The van der Waals surface area contributed by atoms with Crippen LogP contribution in [-0.2, 0) is 0 Å². The number of nitrogens with zero attached hydrogens (tertiary/aromatic N) is 1. The minimum atomic E-state index is -0.570. The van der Waals surface area contributed by atoms with Crippen molar-refractivity contribution < 1.29 is 9.72 Å². The summed E-state index contributed by atoms with van der Waals surface area (Å²) in [4.78, 5) is 22.1. The molecule has 2 rings (SSSR count). The third kappa shape index (κ3) is 4.29. The Morgan fingerprint density at radius 1 is 1.38 bits per heavy atom. The molecule has 0 bridgehead atoms. The van der Waals surface area contributed by atoms with Gasteiger partial charge in [0.2, 0.25) is 0 Å². The summed E-state index contributed by atoms with van der Waals surface area (Å²) in [6.45, 7) is 0.569. The number of allylic oxidation sites excluding steroid dienone is 1. The molecule has 1 aliphatic rings. The van der Waals surface area contributed by atoms with E-state index in [-0.39, 0.29) is 16.6 Å². The number of nitrogens with one attached hydrogen (secondary N) is 1. The summed E-state index contributed by atoms with van der Waals surface area (Å²) in [5, 5.41) is 13.5. The quantitative estimate of drug-likeness (QED) is 0.510. The molecule has 1 N–H and O–H groups in total. The van der Waals surface area contributed by atoms with E-state index in [2.05, 4.69) is 11.4 Å². The highest BCUT2D eigenvalue weighted by Crippen LogP contribution is 2.25. The van der Waals surface area contributed by atoms with Crippen LogP contribution in [0.2, 0.25) is 5.02 Å². The topological polar surface area (TPSA) is 72.2 Å². The van der Waals surface area contributed by atoms with Crippen molar-refractivity contribution in [2.45, 2.75) is 32.1 Å². The lowest BCUT2D eigenvalue weighted by Gasteiger charge is -2.13. The van der Waals surface area contributed by atoms with Crippen LogP contribution in [-0.4, -0.2) is 17.4 Å². The highest BCUT2D eigenvalue weighted by Gasteiger charge is 2.15. The molecule has 5 nitrogen and oxygen atoms in total. The third-order valence-electron chi connectivity index (χ3n) is 3.52. The second-order valence-electron chi connectivity index (χ2n) is 5.04. The maximum atomic E-state index is 12.0. The van der Waals surface area contributed by atoms with Crippen LogP contribution in [0.3, 0.4) is 0 Å². The molecular formula is C15H17ClN2O3. The molecule has 0 spiro atoms. The second kappa shape index (κ2) is 7.22. The molecule has 0 atom stereocenters. The Kier molecular flexibility index (Phi) is 5.33. The Morgan fingerprint density at radius 3 is 2.81 bits per heavy atom. The van der Waals surface area contributed by atoms with Crippen LogP contribution in [0, 0.1) is 10.1 Å². The number of amides is 1. The predicted octanol–water partition coefficient (Wildman–Crippen LogP) is 3.87. The van der Waals surface area contributed by atoms with Gasteiger partial charge in [0.15, 0.2) is 0 Å². The van der Waals surface area contributed by atoms with Crippen molar-refractivity contribution in [2.75, 3.05) is 6.54 Å². The first-order valence-corrected chi connectivity index (χ1v) is 7.36. The highest BCUT2D eigenvalue weighted by atomic mass is 35.5. The maximum Gasteiger partial charge on any atom is 0.287 e. The van der Waals surface area contributed by atoms with E-state index in [9.17, 15) is 14.9 Å². The Labute approximate surface area is 128 Å². The first-order chi connectivity index (χ1) is 10.1. The predicted molar refractivity (Wildman–Crippen MR) is 81.6 cm³/mol.